The molecule has 0 saturated carbocycles. The summed E-state index contributed by atoms with van der Waals surface area (Å²) in [5, 5.41) is 0. The monoisotopic (exact) mass is 326 g/mol. The Kier molecular flexibility index (Phi) is 3.18. The highest BCUT2D eigenvalue weighted by atomic mass is 127. The van der Waals surface area contributed by atoms with E-state index in [0.717, 1.165) is 10.2 Å². The Labute approximate surface area is 88.4 Å². The van der Waals surface area contributed by atoms with Gasteiger partial charge in [0.2, 0.25) is 0 Å². The van der Waals surface area contributed by atoms with Crippen LogP contribution in [0.5, 0.6) is 5.75 Å². The number of hydrogen-bond donors (Lipinski definition) is 0. The molecule has 0 unspecified atom stereocenters. The van der Waals surface area contributed by atoms with Crippen molar-refractivity contribution in [3.05, 3.63) is 25.7 Å². The first kappa shape index (κ1) is 9.32. The summed E-state index contributed by atoms with van der Waals surface area (Å²) in [5.41, 5.74) is 1.23. The summed E-state index contributed by atoms with van der Waals surface area (Å²) >= 11 is 5.76. The van der Waals surface area contributed by atoms with Crippen LogP contribution in [0.15, 0.2) is 16.6 Å². The molecule has 0 aliphatic rings. The summed E-state index contributed by atoms with van der Waals surface area (Å²) < 4.78 is 7.42. The third-order valence-electron chi connectivity index (χ3n) is 1.50. The summed E-state index contributed by atoms with van der Waals surface area (Å²) in [4.78, 5) is 0. The number of halogens is 2. The average molecular weight is 327 g/mol. The third-order valence-corrected chi connectivity index (χ3v) is 3.66. The molecular weight excluding hydrogens is 319 g/mol. The highest BCUT2D eigenvalue weighted by molar-refractivity contribution is 14.1. The lowest BCUT2D eigenvalue weighted by Crippen LogP contribution is -1.88. The van der Waals surface area contributed by atoms with Gasteiger partial charge in [0, 0.05) is 3.57 Å². The number of benzene rings is 1. The molecule has 1 aromatic rings. The summed E-state index contributed by atoms with van der Waals surface area (Å²) in [6.07, 6.45) is 0. The first-order valence-electron chi connectivity index (χ1n) is 3.15. The molecule has 1 rings (SSSR count). The molecule has 0 bridgehead atoms. The fraction of sp³-hybridized carbons (Fsp3) is 0.250. The summed E-state index contributed by atoms with van der Waals surface area (Å²) in [5.74, 6) is 0.892. The minimum Gasteiger partial charge on any atom is -0.496 e. The van der Waals surface area contributed by atoms with E-state index in [2.05, 4.69) is 45.4 Å². The van der Waals surface area contributed by atoms with E-state index in [1.165, 1.54) is 9.13 Å². The van der Waals surface area contributed by atoms with Crippen molar-refractivity contribution >= 4 is 38.5 Å². The van der Waals surface area contributed by atoms with Gasteiger partial charge in [0.25, 0.3) is 0 Å². The number of methoxy groups -OCH3 is 1. The minimum atomic E-state index is 0.892. The Morgan fingerprint density at radius 2 is 2.09 bits per heavy atom. The molecule has 0 N–H and O–H groups in total. The Morgan fingerprint density at radius 1 is 1.45 bits per heavy atom. The van der Waals surface area contributed by atoms with Crippen LogP contribution in [0.1, 0.15) is 5.56 Å². The molecule has 0 heterocycles. The van der Waals surface area contributed by atoms with Crippen molar-refractivity contribution in [3.8, 4) is 5.75 Å². The SMILES string of the molecule is COc1ccc(I)c(C)c1Br. The number of rotatable bonds is 1. The zero-order valence-corrected chi connectivity index (χ0v) is 10.1. The smallest absolute Gasteiger partial charge is 0.133 e. The van der Waals surface area contributed by atoms with Gasteiger partial charge in [-0.25, -0.2) is 0 Å². The Bertz CT molecular complexity index is 273. The first-order valence-corrected chi connectivity index (χ1v) is 5.02. The maximum atomic E-state index is 5.13. The fourth-order valence-electron chi connectivity index (χ4n) is 0.794. The number of ether oxygens (including phenoxy) is 1. The fourth-order valence-corrected chi connectivity index (χ4v) is 2.12. The van der Waals surface area contributed by atoms with Crippen LogP contribution in [0.4, 0.5) is 0 Å². The molecule has 11 heavy (non-hydrogen) atoms. The van der Waals surface area contributed by atoms with Gasteiger partial charge in [-0.15, -0.1) is 0 Å². The van der Waals surface area contributed by atoms with Gasteiger partial charge >= 0.3 is 0 Å². The van der Waals surface area contributed by atoms with Gasteiger partial charge in [0.05, 0.1) is 11.6 Å². The number of hydrogen-bond acceptors (Lipinski definition) is 1. The van der Waals surface area contributed by atoms with Crippen molar-refractivity contribution in [2.24, 2.45) is 0 Å². The molecule has 0 amide bonds. The predicted octanol–water partition coefficient (Wildman–Crippen LogP) is 3.37. The topological polar surface area (TPSA) is 9.23 Å². The molecule has 0 aliphatic carbocycles. The molecule has 0 spiro atoms. The molecule has 1 aromatic carbocycles. The Hall–Kier alpha value is 0.230. The second-order valence-corrected chi connectivity index (χ2v) is 4.14. The second-order valence-electron chi connectivity index (χ2n) is 2.19. The highest BCUT2D eigenvalue weighted by Crippen LogP contribution is 2.30. The molecule has 0 aliphatic heterocycles. The van der Waals surface area contributed by atoms with Crippen LogP contribution in [-0.4, -0.2) is 7.11 Å². The zero-order chi connectivity index (χ0) is 8.43. The normalized spacial score (nSPS) is 9.82. The molecule has 3 heteroatoms. The van der Waals surface area contributed by atoms with Crippen LogP contribution in [0, 0.1) is 10.5 Å². The van der Waals surface area contributed by atoms with E-state index in [1.807, 2.05) is 12.1 Å². The van der Waals surface area contributed by atoms with Crippen molar-refractivity contribution in [2.45, 2.75) is 6.92 Å². The standard InChI is InChI=1S/C8H8BrIO/c1-5-6(10)3-4-7(11-2)8(5)9/h3-4H,1-2H3. The van der Waals surface area contributed by atoms with E-state index in [1.54, 1.807) is 7.11 Å². The van der Waals surface area contributed by atoms with E-state index in [4.69, 9.17) is 4.74 Å². The third kappa shape index (κ3) is 1.87. The van der Waals surface area contributed by atoms with Gasteiger partial charge in [-0.2, -0.15) is 0 Å². The van der Waals surface area contributed by atoms with E-state index in [0.29, 0.717) is 0 Å². The largest absolute Gasteiger partial charge is 0.496 e. The van der Waals surface area contributed by atoms with Gasteiger partial charge in [-0.05, 0) is 63.1 Å². The predicted molar refractivity (Wildman–Crippen MR) is 58.1 cm³/mol. The van der Waals surface area contributed by atoms with Gasteiger partial charge in [0.15, 0.2) is 0 Å². The summed E-state index contributed by atoms with van der Waals surface area (Å²) in [6, 6.07) is 4.00. The van der Waals surface area contributed by atoms with Crippen LogP contribution < -0.4 is 4.74 Å². The van der Waals surface area contributed by atoms with Crippen molar-refractivity contribution in [3.63, 3.8) is 0 Å². The van der Waals surface area contributed by atoms with Crippen LogP contribution in [-0.2, 0) is 0 Å². The molecule has 0 fully saturated rings. The Morgan fingerprint density at radius 3 is 2.64 bits per heavy atom. The van der Waals surface area contributed by atoms with Crippen molar-refractivity contribution in [1.82, 2.24) is 0 Å². The minimum absolute atomic E-state index is 0.892. The van der Waals surface area contributed by atoms with Crippen molar-refractivity contribution in [1.29, 1.82) is 0 Å². The average Bonchev–Trinajstić information content (AvgIpc) is 2.01. The Balaban J connectivity index is 3.25. The maximum Gasteiger partial charge on any atom is 0.133 e. The first-order chi connectivity index (χ1) is 5.16. The second kappa shape index (κ2) is 3.76. The van der Waals surface area contributed by atoms with Crippen LogP contribution in [0.3, 0.4) is 0 Å². The molecule has 0 radical (unpaired) electrons. The van der Waals surface area contributed by atoms with Gasteiger partial charge in [-0.3, -0.25) is 0 Å². The van der Waals surface area contributed by atoms with Crippen LogP contribution in [0.2, 0.25) is 0 Å². The van der Waals surface area contributed by atoms with Crippen LogP contribution in [0.25, 0.3) is 0 Å². The highest BCUT2D eigenvalue weighted by Gasteiger charge is 2.04. The van der Waals surface area contributed by atoms with E-state index < -0.39 is 0 Å². The van der Waals surface area contributed by atoms with Gasteiger partial charge in [-0.1, -0.05) is 0 Å². The lowest BCUT2D eigenvalue weighted by atomic mass is 10.2. The molecular formula is C8H8BrIO. The van der Waals surface area contributed by atoms with Gasteiger partial charge < -0.3 is 4.74 Å². The van der Waals surface area contributed by atoms with Crippen molar-refractivity contribution < 1.29 is 4.74 Å². The van der Waals surface area contributed by atoms with Crippen LogP contribution >= 0.6 is 38.5 Å². The molecule has 0 atom stereocenters. The lowest BCUT2D eigenvalue weighted by molar-refractivity contribution is 0.411. The van der Waals surface area contributed by atoms with E-state index in [-0.39, 0.29) is 0 Å². The summed E-state index contributed by atoms with van der Waals surface area (Å²) in [6.45, 7) is 2.06. The molecule has 1 nitrogen and oxygen atoms in total. The van der Waals surface area contributed by atoms with E-state index in [9.17, 15) is 0 Å². The van der Waals surface area contributed by atoms with E-state index >= 15 is 0 Å². The maximum absolute atomic E-state index is 5.13. The summed E-state index contributed by atoms with van der Waals surface area (Å²) in [7, 11) is 1.67. The molecule has 0 aromatic heterocycles. The zero-order valence-electron chi connectivity index (χ0n) is 6.32. The van der Waals surface area contributed by atoms with Gasteiger partial charge in [0.1, 0.15) is 5.75 Å². The van der Waals surface area contributed by atoms with Crippen molar-refractivity contribution in [2.75, 3.05) is 7.11 Å². The lowest BCUT2D eigenvalue weighted by Gasteiger charge is -2.06. The quantitative estimate of drug-likeness (QED) is 0.719. The molecule has 0 saturated heterocycles. The molecule has 60 valence electrons.